The van der Waals surface area contributed by atoms with E-state index in [4.69, 9.17) is 0 Å². The molecule has 2 rings (SSSR count). The maximum Gasteiger partial charge on any atom is 0.124 e. The van der Waals surface area contributed by atoms with Crippen LogP contribution in [0.1, 0.15) is 11.1 Å². The summed E-state index contributed by atoms with van der Waals surface area (Å²) in [5.41, 5.74) is 2.45. The lowest BCUT2D eigenvalue weighted by molar-refractivity contribution is 0.626. The summed E-state index contributed by atoms with van der Waals surface area (Å²) in [6.45, 7) is 0. The van der Waals surface area contributed by atoms with Gasteiger partial charge in [0.1, 0.15) is 5.82 Å². The third kappa shape index (κ3) is 3.86. The molecule has 0 fully saturated rings. The summed E-state index contributed by atoms with van der Waals surface area (Å²) in [7, 11) is 0. The van der Waals surface area contributed by atoms with Crippen LogP contribution in [-0.4, -0.2) is 0 Å². The van der Waals surface area contributed by atoms with E-state index in [0.717, 1.165) is 21.5 Å². The standard InChI is InChI=1S/C14H12BrFS/c15-14-8-13(16)7-6-12(14)10-17-9-11-4-2-1-3-5-11/h1-8H,9-10H2. The van der Waals surface area contributed by atoms with Crippen LogP contribution in [0.15, 0.2) is 53.0 Å². The second-order valence-electron chi connectivity index (χ2n) is 3.71. The second kappa shape index (κ2) is 6.22. The van der Waals surface area contributed by atoms with Gasteiger partial charge in [-0.1, -0.05) is 52.3 Å². The summed E-state index contributed by atoms with van der Waals surface area (Å²) in [6.07, 6.45) is 0. The topological polar surface area (TPSA) is 0 Å². The van der Waals surface area contributed by atoms with Crippen LogP contribution < -0.4 is 0 Å². The number of thioether (sulfide) groups is 1. The van der Waals surface area contributed by atoms with E-state index < -0.39 is 0 Å². The average molecular weight is 311 g/mol. The fourth-order valence-corrected chi connectivity index (χ4v) is 3.17. The maximum absolute atomic E-state index is 12.9. The fourth-order valence-electron chi connectivity index (χ4n) is 1.49. The molecule has 0 amide bonds. The molecule has 2 aromatic rings. The first-order chi connectivity index (χ1) is 8.25. The minimum Gasteiger partial charge on any atom is -0.207 e. The molecule has 88 valence electrons. The van der Waals surface area contributed by atoms with E-state index >= 15 is 0 Å². The molecule has 0 aromatic heterocycles. The molecule has 0 saturated heterocycles. The third-order valence-electron chi connectivity index (χ3n) is 2.38. The zero-order chi connectivity index (χ0) is 12.1. The normalized spacial score (nSPS) is 10.5. The van der Waals surface area contributed by atoms with Gasteiger partial charge >= 0.3 is 0 Å². The van der Waals surface area contributed by atoms with Crippen molar-refractivity contribution in [2.75, 3.05) is 0 Å². The van der Waals surface area contributed by atoms with Crippen molar-refractivity contribution in [3.8, 4) is 0 Å². The molecule has 3 heteroatoms. The summed E-state index contributed by atoms with van der Waals surface area (Å²) in [6, 6.07) is 15.2. The predicted octanol–water partition coefficient (Wildman–Crippen LogP) is 5.02. The number of rotatable bonds is 4. The Labute approximate surface area is 113 Å². The van der Waals surface area contributed by atoms with E-state index in [2.05, 4.69) is 28.1 Å². The molecule has 0 unspecified atom stereocenters. The Morgan fingerprint density at radius 1 is 1.00 bits per heavy atom. The lowest BCUT2D eigenvalue weighted by atomic mass is 10.2. The van der Waals surface area contributed by atoms with Gasteiger partial charge in [-0.3, -0.25) is 0 Å². The largest absolute Gasteiger partial charge is 0.207 e. The second-order valence-corrected chi connectivity index (χ2v) is 5.55. The zero-order valence-corrected chi connectivity index (χ0v) is 11.6. The first kappa shape index (κ1) is 12.7. The molecule has 0 atom stereocenters. The van der Waals surface area contributed by atoms with E-state index in [-0.39, 0.29) is 5.82 Å². The zero-order valence-electron chi connectivity index (χ0n) is 9.20. The first-order valence-electron chi connectivity index (χ1n) is 5.31. The number of benzene rings is 2. The van der Waals surface area contributed by atoms with Gasteiger partial charge < -0.3 is 0 Å². The van der Waals surface area contributed by atoms with Crippen molar-refractivity contribution in [1.82, 2.24) is 0 Å². The van der Waals surface area contributed by atoms with Crippen LogP contribution in [0.2, 0.25) is 0 Å². The van der Waals surface area contributed by atoms with Crippen LogP contribution >= 0.6 is 27.7 Å². The number of halogens is 2. The van der Waals surface area contributed by atoms with Crippen LogP contribution in [0.5, 0.6) is 0 Å². The van der Waals surface area contributed by atoms with Gasteiger partial charge in [0, 0.05) is 16.0 Å². The molecule has 0 nitrogen and oxygen atoms in total. The SMILES string of the molecule is Fc1ccc(CSCc2ccccc2)c(Br)c1. The molecule has 17 heavy (non-hydrogen) atoms. The first-order valence-corrected chi connectivity index (χ1v) is 7.26. The molecule has 2 aromatic carbocycles. The molecule has 0 N–H and O–H groups in total. The summed E-state index contributed by atoms with van der Waals surface area (Å²) < 4.78 is 13.7. The minimum absolute atomic E-state index is 0.200. The van der Waals surface area contributed by atoms with E-state index in [1.165, 1.54) is 17.7 Å². The van der Waals surface area contributed by atoms with Crippen LogP contribution in [0.25, 0.3) is 0 Å². The molecular weight excluding hydrogens is 299 g/mol. The van der Waals surface area contributed by atoms with Crippen molar-refractivity contribution in [3.63, 3.8) is 0 Å². The fraction of sp³-hybridized carbons (Fsp3) is 0.143. The minimum atomic E-state index is -0.200. The lowest BCUT2D eigenvalue weighted by Gasteiger charge is -2.05. The highest BCUT2D eigenvalue weighted by Gasteiger charge is 2.01. The van der Waals surface area contributed by atoms with E-state index in [9.17, 15) is 4.39 Å². The Kier molecular flexibility index (Phi) is 4.63. The quantitative estimate of drug-likeness (QED) is 0.764. The Morgan fingerprint density at radius 2 is 1.76 bits per heavy atom. The highest BCUT2D eigenvalue weighted by Crippen LogP contribution is 2.24. The molecule has 0 radical (unpaired) electrons. The van der Waals surface area contributed by atoms with Crippen LogP contribution in [-0.2, 0) is 11.5 Å². The molecule has 0 spiro atoms. The Hall–Kier alpha value is -0.800. The summed E-state index contributed by atoms with van der Waals surface area (Å²) in [5, 5.41) is 0. The van der Waals surface area contributed by atoms with Crippen molar-refractivity contribution in [1.29, 1.82) is 0 Å². The monoisotopic (exact) mass is 310 g/mol. The average Bonchev–Trinajstić information content (AvgIpc) is 2.33. The Morgan fingerprint density at radius 3 is 2.47 bits per heavy atom. The van der Waals surface area contributed by atoms with Crippen molar-refractivity contribution < 1.29 is 4.39 Å². The van der Waals surface area contributed by atoms with Gasteiger partial charge in [-0.15, -0.1) is 0 Å². The van der Waals surface area contributed by atoms with Gasteiger partial charge in [0.25, 0.3) is 0 Å². The van der Waals surface area contributed by atoms with Crippen molar-refractivity contribution in [3.05, 3.63) is 69.9 Å². The molecule has 0 aliphatic carbocycles. The van der Waals surface area contributed by atoms with E-state index in [1.54, 1.807) is 0 Å². The van der Waals surface area contributed by atoms with Crippen LogP contribution in [0, 0.1) is 5.82 Å². The van der Waals surface area contributed by atoms with Gasteiger partial charge in [-0.05, 0) is 23.3 Å². The molecule has 0 aliphatic rings. The van der Waals surface area contributed by atoms with Crippen molar-refractivity contribution >= 4 is 27.7 Å². The third-order valence-corrected chi connectivity index (χ3v) is 4.18. The van der Waals surface area contributed by atoms with Gasteiger partial charge in [-0.2, -0.15) is 11.8 Å². The maximum atomic E-state index is 12.9. The Balaban J connectivity index is 1.90. The molecule has 0 saturated carbocycles. The molecule has 0 bridgehead atoms. The highest BCUT2D eigenvalue weighted by atomic mass is 79.9. The van der Waals surface area contributed by atoms with Gasteiger partial charge in [0.05, 0.1) is 0 Å². The summed E-state index contributed by atoms with van der Waals surface area (Å²) in [5.74, 6) is 1.66. The summed E-state index contributed by atoms with van der Waals surface area (Å²) >= 11 is 5.21. The molecule has 0 aliphatic heterocycles. The molecule has 0 heterocycles. The lowest BCUT2D eigenvalue weighted by Crippen LogP contribution is -1.86. The van der Waals surface area contributed by atoms with E-state index in [0.29, 0.717) is 0 Å². The van der Waals surface area contributed by atoms with Gasteiger partial charge in [0.2, 0.25) is 0 Å². The van der Waals surface area contributed by atoms with Crippen LogP contribution in [0.3, 0.4) is 0 Å². The predicted molar refractivity (Wildman–Crippen MR) is 75.5 cm³/mol. The summed E-state index contributed by atoms with van der Waals surface area (Å²) in [4.78, 5) is 0. The van der Waals surface area contributed by atoms with Crippen molar-refractivity contribution in [2.45, 2.75) is 11.5 Å². The Bertz CT molecular complexity index is 485. The smallest absolute Gasteiger partial charge is 0.124 e. The highest BCUT2D eigenvalue weighted by molar-refractivity contribution is 9.10. The van der Waals surface area contributed by atoms with Crippen molar-refractivity contribution in [2.24, 2.45) is 0 Å². The van der Waals surface area contributed by atoms with E-state index in [1.807, 2.05) is 36.0 Å². The number of hydrogen-bond donors (Lipinski definition) is 0. The number of hydrogen-bond acceptors (Lipinski definition) is 1. The van der Waals surface area contributed by atoms with Gasteiger partial charge in [-0.25, -0.2) is 4.39 Å². The van der Waals surface area contributed by atoms with Gasteiger partial charge in [0.15, 0.2) is 0 Å². The van der Waals surface area contributed by atoms with Crippen LogP contribution in [0.4, 0.5) is 4.39 Å². The molecular formula is C14H12BrFS.